The Morgan fingerprint density at radius 3 is 2.50 bits per heavy atom. The van der Waals surface area contributed by atoms with Crippen LogP contribution in [-0.4, -0.2) is 43.8 Å². The minimum atomic E-state index is -4.01. The molecule has 0 spiro atoms. The molecule has 1 saturated heterocycles. The van der Waals surface area contributed by atoms with Crippen molar-refractivity contribution in [2.75, 3.05) is 20.1 Å². The molecule has 2 rings (SSSR count). The molecule has 0 amide bonds. The van der Waals surface area contributed by atoms with Crippen molar-refractivity contribution in [1.82, 2.24) is 9.62 Å². The summed E-state index contributed by atoms with van der Waals surface area (Å²) in [7, 11) is -2.57. The lowest BCUT2D eigenvalue weighted by atomic mass is 10.1. The molecule has 0 radical (unpaired) electrons. The normalized spacial score (nSPS) is 16.3. The topological polar surface area (TPSA) is 92.6 Å². The zero-order valence-electron chi connectivity index (χ0n) is 11.9. The summed E-state index contributed by atoms with van der Waals surface area (Å²) >= 11 is 5.92. The predicted octanol–water partition coefficient (Wildman–Crippen LogP) is 2.04. The summed E-state index contributed by atoms with van der Waals surface area (Å²) in [4.78, 5) is 9.91. The third-order valence-corrected chi connectivity index (χ3v) is 6.03. The largest absolute Gasteiger partial charge is 0.317 e. The summed E-state index contributed by atoms with van der Waals surface area (Å²) < 4.78 is 26.6. The molecule has 1 aliphatic heterocycles. The van der Waals surface area contributed by atoms with E-state index in [1.807, 2.05) is 0 Å². The minimum absolute atomic E-state index is 0. The lowest BCUT2D eigenvalue weighted by Gasteiger charge is -2.30. The van der Waals surface area contributed by atoms with E-state index in [-0.39, 0.29) is 23.5 Å². The van der Waals surface area contributed by atoms with Gasteiger partial charge in [-0.3, -0.25) is 10.1 Å². The maximum Gasteiger partial charge on any atom is 0.290 e. The van der Waals surface area contributed by atoms with E-state index in [2.05, 4.69) is 5.32 Å². The first kappa shape index (κ1) is 19.1. The Bertz CT molecular complexity index is 648. The summed E-state index contributed by atoms with van der Waals surface area (Å²) in [6, 6.07) is 3.67. The second kappa shape index (κ2) is 7.56. The van der Waals surface area contributed by atoms with Crippen molar-refractivity contribution in [2.24, 2.45) is 0 Å². The number of hydrogen-bond acceptors (Lipinski definition) is 5. The van der Waals surface area contributed by atoms with Gasteiger partial charge in [-0.15, -0.1) is 12.4 Å². The number of sulfonamides is 1. The van der Waals surface area contributed by atoms with Crippen LogP contribution in [0.4, 0.5) is 5.69 Å². The van der Waals surface area contributed by atoms with Crippen molar-refractivity contribution in [3.63, 3.8) is 0 Å². The van der Waals surface area contributed by atoms with E-state index in [4.69, 9.17) is 11.6 Å². The lowest BCUT2D eigenvalue weighted by molar-refractivity contribution is -0.387. The molecule has 1 fully saturated rings. The number of nitrogens with one attached hydrogen (secondary N) is 1. The molecule has 1 aromatic rings. The van der Waals surface area contributed by atoms with E-state index in [0.717, 1.165) is 19.2 Å². The van der Waals surface area contributed by atoms with Crippen LogP contribution in [0.1, 0.15) is 12.8 Å². The Morgan fingerprint density at radius 1 is 1.36 bits per heavy atom. The summed E-state index contributed by atoms with van der Waals surface area (Å²) in [5, 5.41) is 14.1. The fourth-order valence-corrected chi connectivity index (χ4v) is 4.48. The fraction of sp³-hybridized carbons (Fsp3) is 0.500. The lowest BCUT2D eigenvalue weighted by Crippen LogP contribution is -2.44. The van der Waals surface area contributed by atoms with Gasteiger partial charge in [0.05, 0.1) is 9.95 Å². The van der Waals surface area contributed by atoms with Crippen LogP contribution in [0.5, 0.6) is 0 Å². The molecule has 1 aliphatic rings. The van der Waals surface area contributed by atoms with Crippen LogP contribution >= 0.6 is 24.0 Å². The number of rotatable bonds is 4. The van der Waals surface area contributed by atoms with E-state index in [1.54, 1.807) is 0 Å². The van der Waals surface area contributed by atoms with Crippen molar-refractivity contribution < 1.29 is 13.3 Å². The van der Waals surface area contributed by atoms with E-state index in [0.29, 0.717) is 12.8 Å². The monoisotopic (exact) mass is 369 g/mol. The molecule has 1 heterocycles. The quantitative estimate of drug-likeness (QED) is 0.647. The summed E-state index contributed by atoms with van der Waals surface area (Å²) in [5.74, 6) is 0. The maximum absolute atomic E-state index is 12.7. The maximum atomic E-state index is 12.7. The molecule has 7 nitrogen and oxygen atoms in total. The molecule has 0 atom stereocenters. The second-order valence-electron chi connectivity index (χ2n) is 4.85. The smallest absolute Gasteiger partial charge is 0.290 e. The Kier molecular flexibility index (Phi) is 6.57. The van der Waals surface area contributed by atoms with Gasteiger partial charge in [-0.25, -0.2) is 8.42 Å². The van der Waals surface area contributed by atoms with Gasteiger partial charge in [0.1, 0.15) is 0 Å². The predicted molar refractivity (Wildman–Crippen MR) is 86.2 cm³/mol. The molecular formula is C12H17Cl2N3O4S. The Hall–Kier alpha value is -0.930. The zero-order chi connectivity index (χ0) is 15.6. The third kappa shape index (κ3) is 3.69. The second-order valence-corrected chi connectivity index (χ2v) is 7.19. The van der Waals surface area contributed by atoms with E-state index in [1.165, 1.54) is 23.5 Å². The van der Waals surface area contributed by atoms with Crippen LogP contribution in [0, 0.1) is 10.1 Å². The van der Waals surface area contributed by atoms with Crippen LogP contribution in [0.2, 0.25) is 5.02 Å². The minimum Gasteiger partial charge on any atom is -0.317 e. The van der Waals surface area contributed by atoms with E-state index in [9.17, 15) is 18.5 Å². The third-order valence-electron chi connectivity index (χ3n) is 3.60. The fourth-order valence-electron chi connectivity index (χ4n) is 2.41. The van der Waals surface area contributed by atoms with E-state index < -0.39 is 25.5 Å². The standard InChI is InChI=1S/C12H16ClN3O4S.ClH/c1-15(9-5-7-14-8-6-9)21(19,20)12-10(13)3-2-4-11(12)16(17)18;/h2-4,9,14H,5-8H2,1H3;1H. The highest BCUT2D eigenvalue weighted by Crippen LogP contribution is 2.34. The average Bonchev–Trinajstić information content (AvgIpc) is 2.46. The summed E-state index contributed by atoms with van der Waals surface area (Å²) in [6.45, 7) is 1.43. The summed E-state index contributed by atoms with van der Waals surface area (Å²) in [5.41, 5.74) is -0.497. The number of piperidine rings is 1. The zero-order valence-corrected chi connectivity index (χ0v) is 14.2. The number of benzene rings is 1. The molecule has 0 unspecified atom stereocenters. The first-order valence-electron chi connectivity index (χ1n) is 6.47. The van der Waals surface area contributed by atoms with Gasteiger partial charge in [0.2, 0.25) is 0 Å². The van der Waals surface area contributed by atoms with Gasteiger partial charge >= 0.3 is 0 Å². The van der Waals surface area contributed by atoms with Crippen molar-refractivity contribution in [2.45, 2.75) is 23.8 Å². The van der Waals surface area contributed by atoms with Gasteiger partial charge in [0, 0.05) is 19.2 Å². The number of hydrogen-bond donors (Lipinski definition) is 1. The summed E-state index contributed by atoms with van der Waals surface area (Å²) in [6.07, 6.45) is 1.32. The van der Waals surface area contributed by atoms with Gasteiger partial charge in [-0.05, 0) is 32.0 Å². The van der Waals surface area contributed by atoms with Crippen LogP contribution in [0.25, 0.3) is 0 Å². The molecule has 22 heavy (non-hydrogen) atoms. The van der Waals surface area contributed by atoms with Crippen molar-refractivity contribution in [3.05, 3.63) is 33.3 Å². The van der Waals surface area contributed by atoms with Gasteiger partial charge in [0.25, 0.3) is 15.7 Å². The molecular weight excluding hydrogens is 353 g/mol. The Labute approximate surface area is 140 Å². The molecule has 0 aliphatic carbocycles. The molecule has 124 valence electrons. The molecule has 10 heteroatoms. The first-order chi connectivity index (χ1) is 9.85. The van der Waals surface area contributed by atoms with Crippen molar-refractivity contribution in [3.8, 4) is 0 Å². The number of nitro benzene ring substituents is 1. The molecule has 0 aromatic heterocycles. The van der Waals surface area contributed by atoms with Gasteiger partial charge < -0.3 is 5.32 Å². The number of nitrogens with zero attached hydrogens (tertiary/aromatic N) is 2. The molecule has 1 aromatic carbocycles. The van der Waals surface area contributed by atoms with Crippen LogP contribution in [-0.2, 0) is 10.0 Å². The molecule has 0 bridgehead atoms. The van der Waals surface area contributed by atoms with Crippen LogP contribution in [0.15, 0.2) is 23.1 Å². The van der Waals surface area contributed by atoms with Crippen LogP contribution < -0.4 is 5.32 Å². The average molecular weight is 370 g/mol. The SMILES string of the molecule is CN(C1CCNCC1)S(=O)(=O)c1c(Cl)cccc1[N+](=O)[O-].Cl. The first-order valence-corrected chi connectivity index (χ1v) is 8.29. The van der Waals surface area contributed by atoms with Crippen molar-refractivity contribution in [1.29, 1.82) is 0 Å². The van der Waals surface area contributed by atoms with Gasteiger partial charge in [0.15, 0.2) is 4.90 Å². The van der Waals surface area contributed by atoms with E-state index >= 15 is 0 Å². The molecule has 1 N–H and O–H groups in total. The highest BCUT2D eigenvalue weighted by atomic mass is 35.5. The number of halogens is 2. The Balaban J connectivity index is 0.00000242. The molecule has 0 saturated carbocycles. The highest BCUT2D eigenvalue weighted by molar-refractivity contribution is 7.89. The Morgan fingerprint density at radius 2 is 1.95 bits per heavy atom. The highest BCUT2D eigenvalue weighted by Gasteiger charge is 2.35. The van der Waals surface area contributed by atoms with Gasteiger partial charge in [-0.2, -0.15) is 4.31 Å². The van der Waals surface area contributed by atoms with Crippen molar-refractivity contribution >= 4 is 39.7 Å². The van der Waals surface area contributed by atoms with Gasteiger partial charge in [-0.1, -0.05) is 17.7 Å². The van der Waals surface area contributed by atoms with Crippen LogP contribution in [0.3, 0.4) is 0 Å². The number of nitro groups is 1.